The Bertz CT molecular complexity index is 792. The lowest BCUT2D eigenvalue weighted by molar-refractivity contribution is -0.907. The Kier molecular flexibility index (Phi) is 6.98. The summed E-state index contributed by atoms with van der Waals surface area (Å²) in [6.07, 6.45) is 0.316. The summed E-state index contributed by atoms with van der Waals surface area (Å²) in [7, 11) is -3.52. The predicted molar refractivity (Wildman–Crippen MR) is 111 cm³/mol. The smallest absolute Gasteiger partial charge is 0.277 e. The molecule has 29 heavy (non-hydrogen) atoms. The van der Waals surface area contributed by atoms with Gasteiger partial charge in [-0.05, 0) is 37.5 Å². The molecule has 8 heteroatoms. The molecule has 1 aromatic carbocycles. The predicted octanol–water partition coefficient (Wildman–Crippen LogP) is 0.335. The van der Waals surface area contributed by atoms with E-state index < -0.39 is 10.0 Å². The minimum absolute atomic E-state index is 0.0969. The van der Waals surface area contributed by atoms with Gasteiger partial charge in [0.05, 0.1) is 4.90 Å². The maximum absolute atomic E-state index is 12.9. The topological polar surface area (TPSA) is 71.4 Å². The van der Waals surface area contributed by atoms with Crippen LogP contribution >= 0.6 is 0 Å². The molecule has 2 fully saturated rings. The molecular weight excluding hydrogens is 390 g/mol. The van der Waals surface area contributed by atoms with Crippen LogP contribution in [0.15, 0.2) is 29.2 Å². The van der Waals surface area contributed by atoms with Gasteiger partial charge in [0.1, 0.15) is 25.3 Å². The largest absolute Gasteiger partial charge is 0.364 e. The summed E-state index contributed by atoms with van der Waals surface area (Å²) in [5.74, 6) is 0.459. The third-order valence-corrected chi connectivity index (χ3v) is 7.71. The molecule has 0 unspecified atom stereocenters. The van der Waals surface area contributed by atoms with Gasteiger partial charge in [0, 0.05) is 26.2 Å². The number of hydrogen-bond acceptors (Lipinski definition) is 4. The highest BCUT2D eigenvalue weighted by atomic mass is 32.2. The van der Waals surface area contributed by atoms with Crippen molar-refractivity contribution >= 4 is 15.9 Å². The van der Waals surface area contributed by atoms with Gasteiger partial charge in [-0.3, -0.25) is 4.79 Å². The molecule has 1 N–H and O–H groups in total. The van der Waals surface area contributed by atoms with Crippen molar-refractivity contribution in [1.82, 2.24) is 9.21 Å². The van der Waals surface area contributed by atoms with Gasteiger partial charge >= 0.3 is 0 Å². The number of sulfonamides is 1. The number of nitrogens with zero attached hydrogens (tertiary/aromatic N) is 2. The van der Waals surface area contributed by atoms with E-state index in [9.17, 15) is 13.2 Å². The molecule has 2 aliphatic heterocycles. The highest BCUT2D eigenvalue weighted by Crippen LogP contribution is 2.21. The van der Waals surface area contributed by atoms with Gasteiger partial charge < -0.3 is 14.5 Å². The minimum Gasteiger partial charge on any atom is -0.364 e. The van der Waals surface area contributed by atoms with E-state index in [0.29, 0.717) is 43.5 Å². The van der Waals surface area contributed by atoms with Crippen molar-refractivity contribution in [1.29, 1.82) is 0 Å². The number of ether oxygens (including phenoxy) is 1. The second kappa shape index (κ2) is 9.12. The number of morpholine rings is 1. The lowest BCUT2D eigenvalue weighted by Crippen LogP contribution is -3.16. The molecule has 1 amide bonds. The molecule has 0 aromatic heterocycles. The number of carbonyl (C=O) groups excluding carboxylic acids is 1. The van der Waals surface area contributed by atoms with Crippen molar-refractivity contribution in [3.63, 3.8) is 0 Å². The summed E-state index contributed by atoms with van der Waals surface area (Å²) in [6, 6.07) is 7.13. The quantitative estimate of drug-likeness (QED) is 0.740. The lowest BCUT2D eigenvalue weighted by atomic mass is 10.0. The average molecular weight is 425 g/mol. The zero-order valence-electron chi connectivity index (χ0n) is 17.9. The van der Waals surface area contributed by atoms with Gasteiger partial charge in [0.25, 0.3) is 5.91 Å². The number of piperazine rings is 1. The molecule has 2 saturated heterocycles. The molecule has 0 spiro atoms. The summed E-state index contributed by atoms with van der Waals surface area (Å²) in [4.78, 5) is 16.1. The van der Waals surface area contributed by atoms with E-state index in [0.717, 1.165) is 18.7 Å². The Morgan fingerprint density at radius 2 is 1.62 bits per heavy atom. The molecular formula is C21H34N3O4S+. The van der Waals surface area contributed by atoms with Crippen LogP contribution in [0.5, 0.6) is 0 Å². The standard InChI is InChI=1S/C21H33N3O4S/c1-16(2)19-5-7-20(8-6-19)29(26,27)24-11-9-23(10-12-24)21(25)15-22-13-17(3)28-18(4)14-22/h5-8,16-18H,9-15H2,1-4H3/p+1/t17-,18-/m1/s1. The normalized spacial score (nSPS) is 26.7. The van der Waals surface area contributed by atoms with Crippen LogP contribution in [0.4, 0.5) is 0 Å². The number of benzene rings is 1. The maximum atomic E-state index is 12.9. The number of hydrogen-bond donors (Lipinski definition) is 1. The third kappa shape index (κ3) is 5.36. The van der Waals surface area contributed by atoms with Crippen LogP contribution in [-0.2, 0) is 19.6 Å². The van der Waals surface area contributed by atoms with E-state index in [4.69, 9.17) is 4.74 Å². The first-order valence-electron chi connectivity index (χ1n) is 10.5. The first-order valence-corrected chi connectivity index (χ1v) is 12.0. The molecule has 2 heterocycles. The number of rotatable bonds is 5. The highest BCUT2D eigenvalue weighted by Gasteiger charge is 2.33. The number of nitrogens with one attached hydrogen (secondary N) is 1. The van der Waals surface area contributed by atoms with Gasteiger partial charge in [-0.15, -0.1) is 0 Å². The SMILES string of the molecule is CC(C)c1ccc(S(=O)(=O)N2CCN(C(=O)C[NH+]3C[C@@H](C)O[C@H](C)C3)CC2)cc1. The Labute approximate surface area is 174 Å². The summed E-state index contributed by atoms with van der Waals surface area (Å²) in [5.41, 5.74) is 1.12. The Balaban J connectivity index is 1.56. The van der Waals surface area contributed by atoms with Crippen LogP contribution in [0.2, 0.25) is 0 Å². The zero-order chi connectivity index (χ0) is 21.2. The van der Waals surface area contributed by atoms with E-state index in [1.807, 2.05) is 26.0 Å². The minimum atomic E-state index is -3.52. The summed E-state index contributed by atoms with van der Waals surface area (Å²) < 4.78 is 33.1. The lowest BCUT2D eigenvalue weighted by Gasteiger charge is -2.36. The van der Waals surface area contributed by atoms with Crippen LogP contribution in [0.25, 0.3) is 0 Å². The summed E-state index contributed by atoms with van der Waals surface area (Å²) >= 11 is 0. The van der Waals surface area contributed by atoms with Crippen molar-refractivity contribution in [2.45, 2.75) is 50.7 Å². The van der Waals surface area contributed by atoms with E-state index in [1.54, 1.807) is 17.0 Å². The molecule has 3 rings (SSSR count). The Hall–Kier alpha value is -1.48. The fourth-order valence-electron chi connectivity index (χ4n) is 4.21. The van der Waals surface area contributed by atoms with E-state index >= 15 is 0 Å². The van der Waals surface area contributed by atoms with Gasteiger partial charge in [-0.25, -0.2) is 8.42 Å². The van der Waals surface area contributed by atoms with Crippen LogP contribution < -0.4 is 4.90 Å². The van der Waals surface area contributed by atoms with Crippen LogP contribution in [-0.4, -0.2) is 81.6 Å². The molecule has 0 bridgehead atoms. The van der Waals surface area contributed by atoms with Gasteiger partial charge in [0.2, 0.25) is 10.0 Å². The fourth-order valence-corrected chi connectivity index (χ4v) is 5.63. The third-order valence-electron chi connectivity index (χ3n) is 5.79. The van der Waals surface area contributed by atoms with Gasteiger partial charge in [-0.2, -0.15) is 4.31 Å². The Morgan fingerprint density at radius 3 is 2.14 bits per heavy atom. The first-order chi connectivity index (χ1) is 13.7. The Morgan fingerprint density at radius 1 is 1.07 bits per heavy atom. The van der Waals surface area contributed by atoms with Crippen LogP contribution in [0, 0.1) is 0 Å². The molecule has 1 aromatic rings. The highest BCUT2D eigenvalue weighted by molar-refractivity contribution is 7.89. The van der Waals surface area contributed by atoms with Gasteiger partial charge in [0.15, 0.2) is 6.54 Å². The van der Waals surface area contributed by atoms with E-state index in [-0.39, 0.29) is 18.1 Å². The van der Waals surface area contributed by atoms with Crippen molar-refractivity contribution < 1.29 is 22.8 Å². The first kappa shape index (κ1) is 22.2. The van der Waals surface area contributed by atoms with Crippen molar-refractivity contribution in [2.24, 2.45) is 0 Å². The molecule has 2 atom stereocenters. The zero-order valence-corrected chi connectivity index (χ0v) is 18.7. The van der Waals surface area contributed by atoms with E-state index in [1.165, 1.54) is 9.21 Å². The monoisotopic (exact) mass is 424 g/mol. The maximum Gasteiger partial charge on any atom is 0.277 e. The molecule has 7 nitrogen and oxygen atoms in total. The van der Waals surface area contributed by atoms with Gasteiger partial charge in [-0.1, -0.05) is 26.0 Å². The number of quaternary nitrogens is 1. The van der Waals surface area contributed by atoms with E-state index in [2.05, 4.69) is 13.8 Å². The van der Waals surface area contributed by atoms with Crippen LogP contribution in [0.3, 0.4) is 0 Å². The molecule has 0 saturated carbocycles. The molecule has 2 aliphatic rings. The number of carbonyl (C=O) groups is 1. The van der Waals surface area contributed by atoms with Crippen LogP contribution in [0.1, 0.15) is 39.2 Å². The van der Waals surface area contributed by atoms with Crippen molar-refractivity contribution in [3.8, 4) is 0 Å². The van der Waals surface area contributed by atoms with Crippen molar-refractivity contribution in [3.05, 3.63) is 29.8 Å². The average Bonchev–Trinajstić information content (AvgIpc) is 2.67. The summed E-state index contributed by atoms with van der Waals surface area (Å²) in [6.45, 7) is 11.9. The molecule has 0 radical (unpaired) electrons. The second-order valence-electron chi connectivity index (χ2n) is 8.60. The number of amides is 1. The van der Waals surface area contributed by atoms with Crippen molar-refractivity contribution in [2.75, 3.05) is 45.8 Å². The fraction of sp³-hybridized carbons (Fsp3) is 0.667. The molecule has 0 aliphatic carbocycles. The second-order valence-corrected chi connectivity index (χ2v) is 10.5. The molecule has 162 valence electrons. The summed E-state index contributed by atoms with van der Waals surface area (Å²) in [5, 5.41) is 0.